The summed E-state index contributed by atoms with van der Waals surface area (Å²) < 4.78 is 20.1. The lowest BCUT2D eigenvalue weighted by atomic mass is 9.51. The van der Waals surface area contributed by atoms with E-state index in [4.69, 9.17) is 14.2 Å². The first-order chi connectivity index (χ1) is 19.1. The normalized spacial score (nSPS) is 31.4. The van der Waals surface area contributed by atoms with Gasteiger partial charge in [0.25, 0.3) is 0 Å². The number of fused-ring (bicyclic) bond motifs is 2. The lowest BCUT2D eigenvalue weighted by Gasteiger charge is -2.56. The number of carboxylic acids is 1. The maximum Gasteiger partial charge on any atom is 0.330 e. The van der Waals surface area contributed by atoms with Crippen LogP contribution in [0.25, 0.3) is 6.08 Å². The van der Waals surface area contributed by atoms with Crippen LogP contribution in [0.1, 0.15) is 82.8 Å². The first-order valence-corrected chi connectivity index (χ1v) is 14.1. The molecule has 4 bridgehead atoms. The van der Waals surface area contributed by atoms with E-state index >= 15 is 0 Å². The fraction of sp³-hybridized carbons (Fsp3) is 0.485. The molecule has 3 aliphatic heterocycles. The molecule has 4 atom stereocenters. The number of Topliss-reactive ketones (excluding diaryl/α,β-unsaturated/α-hetero) is 2. The number of phenols is 1. The number of carbonyl (C=O) groups is 3. The number of hydrogen-bond acceptors (Lipinski definition) is 7. The van der Waals surface area contributed by atoms with Gasteiger partial charge in [-0.15, -0.1) is 0 Å². The molecule has 216 valence electrons. The number of phenolic OH excluding ortho intramolecular Hbond substituents is 1. The maximum atomic E-state index is 14.5. The van der Waals surface area contributed by atoms with E-state index in [0.29, 0.717) is 35.3 Å². The molecule has 0 aromatic heterocycles. The quantitative estimate of drug-likeness (QED) is 0.357. The van der Waals surface area contributed by atoms with Crippen LogP contribution in [0.5, 0.6) is 17.2 Å². The lowest BCUT2D eigenvalue weighted by molar-refractivity contribution is -0.171. The van der Waals surface area contributed by atoms with Gasteiger partial charge < -0.3 is 24.4 Å². The SMILES string of the molecule is CC(C)=CCc1c2c(c(O)c3c1O[C@]14C(=C[C@@H]5CC1C(C)(C)OC4(CC=C(C)C(=O)O)C5=O)C3=O)C=CC(C)(C)O2. The molecule has 8 nitrogen and oxygen atoms in total. The van der Waals surface area contributed by atoms with Crippen LogP contribution >= 0.6 is 0 Å². The van der Waals surface area contributed by atoms with Gasteiger partial charge in [0.2, 0.25) is 0 Å². The second kappa shape index (κ2) is 8.44. The number of allylic oxidation sites excluding steroid dienone is 3. The highest BCUT2D eigenvalue weighted by Gasteiger charge is 2.81. The van der Waals surface area contributed by atoms with Crippen LogP contribution in [0.2, 0.25) is 0 Å². The predicted molar refractivity (Wildman–Crippen MR) is 151 cm³/mol. The van der Waals surface area contributed by atoms with Gasteiger partial charge in [-0.1, -0.05) is 23.8 Å². The van der Waals surface area contributed by atoms with Gasteiger partial charge in [0.15, 0.2) is 22.8 Å². The zero-order valence-corrected chi connectivity index (χ0v) is 24.5. The van der Waals surface area contributed by atoms with Crippen molar-refractivity contribution in [1.29, 1.82) is 0 Å². The van der Waals surface area contributed by atoms with E-state index in [9.17, 15) is 24.6 Å². The van der Waals surface area contributed by atoms with Crippen LogP contribution in [-0.2, 0) is 20.7 Å². The topological polar surface area (TPSA) is 119 Å². The maximum absolute atomic E-state index is 14.5. The van der Waals surface area contributed by atoms with Crippen molar-refractivity contribution in [3.63, 3.8) is 0 Å². The Hall–Kier alpha value is -3.65. The average Bonchev–Trinajstić information content (AvgIpc) is 3.03. The van der Waals surface area contributed by atoms with Gasteiger partial charge in [0.1, 0.15) is 28.4 Å². The molecule has 3 aliphatic carbocycles. The summed E-state index contributed by atoms with van der Waals surface area (Å²) in [4.78, 5) is 40.4. The van der Waals surface area contributed by atoms with E-state index in [1.54, 1.807) is 12.2 Å². The zero-order chi connectivity index (χ0) is 29.9. The molecule has 7 rings (SSSR count). The molecule has 0 amide bonds. The van der Waals surface area contributed by atoms with Crippen LogP contribution in [0.15, 0.2) is 41.0 Å². The highest BCUT2D eigenvalue weighted by atomic mass is 16.6. The molecule has 1 spiro atoms. The van der Waals surface area contributed by atoms with Gasteiger partial charge >= 0.3 is 5.97 Å². The van der Waals surface area contributed by atoms with Crippen LogP contribution in [0.3, 0.4) is 0 Å². The Labute approximate surface area is 239 Å². The Bertz CT molecular complexity index is 1560. The molecule has 1 aromatic rings. The molecule has 3 heterocycles. The Balaban J connectivity index is 1.66. The molecule has 1 saturated carbocycles. The second-order valence-corrected chi connectivity index (χ2v) is 13.2. The van der Waals surface area contributed by atoms with Gasteiger partial charge in [-0.3, -0.25) is 9.59 Å². The molecule has 2 unspecified atom stereocenters. The molecule has 2 fully saturated rings. The summed E-state index contributed by atoms with van der Waals surface area (Å²) >= 11 is 0. The molecule has 0 radical (unpaired) electrons. The summed E-state index contributed by atoms with van der Waals surface area (Å²) in [7, 11) is 0. The summed E-state index contributed by atoms with van der Waals surface area (Å²) in [6.07, 6.45) is 9.54. The number of carbonyl (C=O) groups excluding carboxylic acids is 2. The largest absolute Gasteiger partial charge is 0.506 e. The van der Waals surface area contributed by atoms with E-state index in [1.807, 2.05) is 53.7 Å². The van der Waals surface area contributed by atoms with Crippen molar-refractivity contribution in [2.24, 2.45) is 11.8 Å². The van der Waals surface area contributed by atoms with Crippen molar-refractivity contribution >= 4 is 23.6 Å². The van der Waals surface area contributed by atoms with Crippen molar-refractivity contribution in [1.82, 2.24) is 0 Å². The van der Waals surface area contributed by atoms with E-state index < -0.39 is 40.1 Å². The summed E-state index contributed by atoms with van der Waals surface area (Å²) in [5.74, 6) is -2.29. The zero-order valence-electron chi connectivity index (χ0n) is 24.5. The summed E-state index contributed by atoms with van der Waals surface area (Å²) in [5.41, 5.74) is -2.14. The number of aliphatic carboxylic acids is 1. The Morgan fingerprint density at radius 1 is 1.07 bits per heavy atom. The van der Waals surface area contributed by atoms with Crippen LogP contribution < -0.4 is 9.47 Å². The standard InChI is InChI=1S/C33H36O8/c1-16(2)8-9-20-26-19(11-12-30(4,5)39-26)24(34)23-25(35)21-14-18-15-22-31(6,7)41-32(28(18)36,13-10-17(3)29(37)38)33(21,22)40-27(20)23/h8,10-12,14,18,22,34H,9,13,15H2,1-7H3,(H,37,38)/t18-,22?,32?,33-/m1/s1. The minimum Gasteiger partial charge on any atom is -0.506 e. The highest BCUT2D eigenvalue weighted by molar-refractivity contribution is 6.19. The average molecular weight is 561 g/mol. The molecule has 1 saturated heterocycles. The number of aromatic hydroxyl groups is 1. The number of benzene rings is 1. The highest BCUT2D eigenvalue weighted by Crippen LogP contribution is 2.68. The van der Waals surface area contributed by atoms with Crippen molar-refractivity contribution in [3.8, 4) is 17.2 Å². The van der Waals surface area contributed by atoms with Crippen LogP contribution in [0, 0.1) is 11.8 Å². The molecule has 2 N–H and O–H groups in total. The molecule has 1 aromatic carbocycles. The Morgan fingerprint density at radius 2 is 1.78 bits per heavy atom. The fourth-order valence-corrected chi connectivity index (χ4v) is 7.44. The first kappa shape index (κ1) is 27.5. The fourth-order valence-electron chi connectivity index (χ4n) is 7.44. The Morgan fingerprint density at radius 3 is 2.44 bits per heavy atom. The van der Waals surface area contributed by atoms with Gasteiger partial charge in [-0.25, -0.2) is 4.79 Å². The van der Waals surface area contributed by atoms with E-state index in [2.05, 4.69) is 0 Å². The monoisotopic (exact) mass is 560 g/mol. The third-order valence-electron chi connectivity index (χ3n) is 9.37. The molecule has 41 heavy (non-hydrogen) atoms. The predicted octanol–water partition coefficient (Wildman–Crippen LogP) is 5.51. The minimum absolute atomic E-state index is 0.0513. The van der Waals surface area contributed by atoms with Gasteiger partial charge in [0, 0.05) is 35.0 Å². The molecule has 8 heteroatoms. The number of carboxylic acid groups (broad SMARTS) is 1. The van der Waals surface area contributed by atoms with Crippen LogP contribution in [0.4, 0.5) is 0 Å². The minimum atomic E-state index is -1.61. The van der Waals surface area contributed by atoms with E-state index in [-0.39, 0.29) is 40.8 Å². The van der Waals surface area contributed by atoms with Crippen LogP contribution in [-0.4, -0.2) is 50.2 Å². The third-order valence-corrected chi connectivity index (χ3v) is 9.37. The van der Waals surface area contributed by atoms with Gasteiger partial charge in [-0.05, 0) is 73.5 Å². The third kappa shape index (κ3) is 3.52. The lowest BCUT2D eigenvalue weighted by Crippen LogP contribution is -2.72. The number of ketones is 2. The summed E-state index contributed by atoms with van der Waals surface area (Å²) in [6, 6.07) is 0. The number of ether oxygens (including phenoxy) is 3. The molecular formula is C33H36O8. The molecule has 6 aliphatic rings. The first-order valence-electron chi connectivity index (χ1n) is 14.1. The van der Waals surface area contributed by atoms with Crippen molar-refractivity contribution < 1.29 is 38.8 Å². The number of rotatable bonds is 5. The van der Waals surface area contributed by atoms with E-state index in [1.165, 1.54) is 13.0 Å². The van der Waals surface area contributed by atoms with Crippen molar-refractivity contribution in [2.45, 2.75) is 90.1 Å². The van der Waals surface area contributed by atoms with Crippen molar-refractivity contribution in [2.75, 3.05) is 0 Å². The summed E-state index contributed by atoms with van der Waals surface area (Å²) in [5, 5.41) is 21.1. The van der Waals surface area contributed by atoms with E-state index in [0.717, 1.165) is 5.57 Å². The molecular weight excluding hydrogens is 524 g/mol. The van der Waals surface area contributed by atoms with Crippen molar-refractivity contribution in [3.05, 3.63) is 57.7 Å². The van der Waals surface area contributed by atoms with Gasteiger partial charge in [-0.2, -0.15) is 0 Å². The Kier molecular flexibility index (Phi) is 5.67. The smallest absolute Gasteiger partial charge is 0.330 e. The summed E-state index contributed by atoms with van der Waals surface area (Å²) in [6.45, 7) is 13.0. The van der Waals surface area contributed by atoms with Gasteiger partial charge in [0.05, 0.1) is 11.2 Å². The second-order valence-electron chi connectivity index (χ2n) is 13.2. The number of hydrogen-bond donors (Lipinski definition) is 2.